The molecule has 0 aromatic heterocycles. The lowest BCUT2D eigenvalue weighted by Crippen LogP contribution is -2.56. The van der Waals surface area contributed by atoms with Crippen LogP contribution in [-0.4, -0.2) is 114 Å². The number of aromatic carboxylic acids is 1. The zero-order chi connectivity index (χ0) is 47.5. The SMILES string of the molecule is CCCC(NC(=O)C1CC(OCc2ccccc2)CN1C(=O)C(CCCNC(=O)c1ccc(C(=O)O)cc1)NC(=O)OCC(C)C)C(=O)C(=O)NCC(=O)NC(C(N)=O)c1ccccc1. The summed E-state index contributed by atoms with van der Waals surface area (Å²) in [6.45, 7) is 4.90. The van der Waals surface area contributed by atoms with Crippen LogP contribution < -0.4 is 32.3 Å². The van der Waals surface area contributed by atoms with Crippen LogP contribution in [0, 0.1) is 5.92 Å². The van der Waals surface area contributed by atoms with Crippen molar-refractivity contribution in [3.05, 3.63) is 107 Å². The maximum Gasteiger partial charge on any atom is 0.407 e. The van der Waals surface area contributed by atoms with Crippen molar-refractivity contribution in [1.82, 2.24) is 31.5 Å². The molecule has 0 aliphatic carbocycles. The molecule has 1 heterocycles. The molecule has 1 fully saturated rings. The molecule has 0 spiro atoms. The van der Waals surface area contributed by atoms with Crippen molar-refractivity contribution in [3.63, 3.8) is 0 Å². The molecule has 4 rings (SSSR count). The van der Waals surface area contributed by atoms with Crippen LogP contribution in [0.15, 0.2) is 84.9 Å². The molecule has 1 aliphatic rings. The van der Waals surface area contributed by atoms with Gasteiger partial charge in [-0.3, -0.25) is 33.6 Å². The Kier molecular flexibility index (Phi) is 19.6. The number of carbonyl (C=O) groups is 9. The van der Waals surface area contributed by atoms with Crippen molar-refractivity contribution in [1.29, 1.82) is 0 Å². The minimum atomic E-state index is -1.36. The standard InChI is InChI=1S/C46H57N7O12/c1-4-12-34(39(55)43(59)49-24-37(54)52-38(40(47)56)30-15-9-6-10-16-30)50-42(58)36-23-33(64-27-29-13-7-5-8-14-29)25-53(36)44(60)35(51-46(63)65-26-28(2)3)17-11-22-48-41(57)31-18-20-32(21-19-31)45(61)62/h5-10,13-16,18-21,28,33-36,38H,4,11-12,17,22-27H2,1-3H3,(H2,47,56)(H,48,57)(H,49,59)(H,50,58)(H,51,63)(H,52,54)(H,61,62). The van der Waals surface area contributed by atoms with Gasteiger partial charge in [0.25, 0.3) is 11.8 Å². The molecule has 5 atom stereocenters. The van der Waals surface area contributed by atoms with Gasteiger partial charge in [-0.1, -0.05) is 87.9 Å². The molecule has 0 saturated carbocycles. The Morgan fingerprint density at radius 3 is 2.06 bits per heavy atom. The number of ether oxygens (including phenoxy) is 2. The summed E-state index contributed by atoms with van der Waals surface area (Å²) in [6.07, 6.45) is -1.01. The largest absolute Gasteiger partial charge is 0.478 e. The fraction of sp³-hybridized carbons (Fsp3) is 0.413. The molecule has 8 N–H and O–H groups in total. The van der Waals surface area contributed by atoms with Crippen molar-refractivity contribution in [2.75, 3.05) is 26.2 Å². The molecule has 1 saturated heterocycles. The number of ketones is 1. The lowest BCUT2D eigenvalue weighted by molar-refractivity contribution is -0.143. The normalized spacial score (nSPS) is 15.7. The highest BCUT2D eigenvalue weighted by Crippen LogP contribution is 2.24. The Morgan fingerprint density at radius 1 is 0.800 bits per heavy atom. The lowest BCUT2D eigenvalue weighted by Gasteiger charge is -2.29. The van der Waals surface area contributed by atoms with Crippen LogP contribution in [0.2, 0.25) is 0 Å². The van der Waals surface area contributed by atoms with E-state index in [0.29, 0.717) is 12.0 Å². The second-order valence-electron chi connectivity index (χ2n) is 15.8. The van der Waals surface area contributed by atoms with E-state index >= 15 is 0 Å². The van der Waals surface area contributed by atoms with Gasteiger partial charge in [0.2, 0.25) is 29.4 Å². The van der Waals surface area contributed by atoms with E-state index in [1.165, 1.54) is 29.2 Å². The number of carboxylic acid groups (broad SMARTS) is 1. The van der Waals surface area contributed by atoms with Gasteiger partial charge in [0.1, 0.15) is 18.1 Å². The molecule has 3 aromatic carbocycles. The number of alkyl carbamates (subject to hydrolysis) is 1. The van der Waals surface area contributed by atoms with E-state index < -0.39 is 90.1 Å². The van der Waals surface area contributed by atoms with E-state index in [1.807, 2.05) is 44.2 Å². The van der Waals surface area contributed by atoms with Gasteiger partial charge in [0.15, 0.2) is 0 Å². The molecular formula is C46H57N7O12. The molecule has 348 valence electrons. The van der Waals surface area contributed by atoms with E-state index in [4.69, 9.17) is 20.3 Å². The quantitative estimate of drug-likeness (QED) is 0.0503. The molecular weight excluding hydrogens is 843 g/mol. The van der Waals surface area contributed by atoms with Gasteiger partial charge < -0.3 is 51.8 Å². The molecule has 3 aromatic rings. The first-order valence-electron chi connectivity index (χ1n) is 21.3. The van der Waals surface area contributed by atoms with Crippen LogP contribution in [0.5, 0.6) is 0 Å². The van der Waals surface area contributed by atoms with Gasteiger partial charge in [-0.25, -0.2) is 9.59 Å². The number of nitrogens with two attached hydrogens (primary N) is 1. The second kappa shape index (κ2) is 25.2. The summed E-state index contributed by atoms with van der Waals surface area (Å²) in [5, 5.41) is 21.8. The zero-order valence-electron chi connectivity index (χ0n) is 36.6. The predicted molar refractivity (Wildman–Crippen MR) is 235 cm³/mol. The van der Waals surface area contributed by atoms with Gasteiger partial charge in [0.05, 0.1) is 37.5 Å². The summed E-state index contributed by atoms with van der Waals surface area (Å²) in [6, 6.07) is 17.7. The Hall–Kier alpha value is -7.15. The highest BCUT2D eigenvalue weighted by Gasteiger charge is 2.44. The van der Waals surface area contributed by atoms with E-state index in [-0.39, 0.29) is 69.0 Å². The zero-order valence-corrected chi connectivity index (χ0v) is 36.6. The number of primary amides is 1. The van der Waals surface area contributed by atoms with Gasteiger partial charge in [-0.15, -0.1) is 0 Å². The van der Waals surface area contributed by atoms with Crippen LogP contribution in [0.4, 0.5) is 4.79 Å². The Morgan fingerprint density at radius 2 is 1.45 bits per heavy atom. The number of hydrogen-bond donors (Lipinski definition) is 7. The summed E-state index contributed by atoms with van der Waals surface area (Å²) >= 11 is 0. The molecule has 1 aliphatic heterocycles. The molecule has 19 nitrogen and oxygen atoms in total. The summed E-state index contributed by atoms with van der Waals surface area (Å²) in [7, 11) is 0. The number of nitrogens with zero attached hydrogens (tertiary/aromatic N) is 1. The number of rotatable bonds is 24. The van der Waals surface area contributed by atoms with Gasteiger partial charge in [-0.2, -0.15) is 0 Å². The van der Waals surface area contributed by atoms with Crippen LogP contribution in [0.3, 0.4) is 0 Å². The number of amides is 7. The van der Waals surface area contributed by atoms with Crippen LogP contribution in [0.1, 0.15) is 90.8 Å². The van der Waals surface area contributed by atoms with E-state index in [9.17, 15) is 43.2 Å². The first kappa shape index (κ1) is 50.5. The first-order chi connectivity index (χ1) is 31.1. The Balaban J connectivity index is 1.48. The number of likely N-dealkylation sites (tertiary alicyclic amines) is 1. The van der Waals surface area contributed by atoms with Crippen molar-refractivity contribution in [3.8, 4) is 0 Å². The maximum atomic E-state index is 14.5. The second-order valence-corrected chi connectivity index (χ2v) is 15.8. The third kappa shape index (κ3) is 15.9. The smallest absolute Gasteiger partial charge is 0.407 e. The molecule has 0 bridgehead atoms. The number of nitrogens with one attached hydrogen (secondary N) is 5. The number of Topliss-reactive ketones (excluding diaryl/α,β-unsaturated/α-hetero) is 1. The minimum Gasteiger partial charge on any atom is -0.478 e. The number of carbonyl (C=O) groups excluding carboxylic acids is 8. The van der Waals surface area contributed by atoms with E-state index in [2.05, 4.69) is 26.6 Å². The summed E-state index contributed by atoms with van der Waals surface area (Å²) in [5.74, 6) is -6.96. The highest BCUT2D eigenvalue weighted by molar-refractivity contribution is 6.38. The lowest BCUT2D eigenvalue weighted by atomic mass is 10.0. The van der Waals surface area contributed by atoms with Crippen LogP contribution in [0.25, 0.3) is 0 Å². The van der Waals surface area contributed by atoms with Crippen LogP contribution in [-0.2, 0) is 44.8 Å². The first-order valence-corrected chi connectivity index (χ1v) is 21.3. The molecule has 7 amide bonds. The predicted octanol–water partition coefficient (Wildman–Crippen LogP) is 2.14. The summed E-state index contributed by atoms with van der Waals surface area (Å²) < 4.78 is 11.5. The fourth-order valence-corrected chi connectivity index (χ4v) is 6.86. The highest BCUT2D eigenvalue weighted by atomic mass is 16.5. The average Bonchev–Trinajstić information content (AvgIpc) is 3.74. The number of hydrogen-bond acceptors (Lipinski definition) is 11. The van der Waals surface area contributed by atoms with Crippen LogP contribution >= 0.6 is 0 Å². The van der Waals surface area contributed by atoms with Gasteiger partial charge >= 0.3 is 12.1 Å². The Bertz CT molecular complexity index is 2140. The van der Waals surface area contributed by atoms with Gasteiger partial charge in [-0.05, 0) is 60.6 Å². The molecule has 65 heavy (non-hydrogen) atoms. The summed E-state index contributed by atoms with van der Waals surface area (Å²) in [5.41, 5.74) is 6.95. The molecule has 5 unspecified atom stereocenters. The summed E-state index contributed by atoms with van der Waals surface area (Å²) in [4.78, 5) is 118. The Labute approximate surface area is 376 Å². The van der Waals surface area contributed by atoms with E-state index in [1.54, 1.807) is 37.3 Å². The number of carboxylic acids is 1. The van der Waals surface area contributed by atoms with Crippen molar-refractivity contribution in [2.24, 2.45) is 11.7 Å². The third-order valence-corrected chi connectivity index (χ3v) is 10.2. The van der Waals surface area contributed by atoms with E-state index in [0.717, 1.165) is 5.56 Å². The van der Waals surface area contributed by atoms with Crippen molar-refractivity contribution in [2.45, 2.75) is 89.8 Å². The average molecular weight is 900 g/mol. The molecule has 19 heteroatoms. The van der Waals surface area contributed by atoms with Crippen molar-refractivity contribution < 1.29 is 57.7 Å². The molecule has 0 radical (unpaired) electrons. The third-order valence-electron chi connectivity index (χ3n) is 10.2. The van der Waals surface area contributed by atoms with Crippen molar-refractivity contribution >= 4 is 53.3 Å². The topological polar surface area (TPSA) is 282 Å². The van der Waals surface area contributed by atoms with Gasteiger partial charge in [0, 0.05) is 25.1 Å². The monoisotopic (exact) mass is 899 g/mol. The maximum absolute atomic E-state index is 14.5. The fourth-order valence-electron chi connectivity index (χ4n) is 6.86. The minimum absolute atomic E-state index is 0.00645. The number of benzene rings is 3.